The molecule has 2 heterocycles. The molecule has 1 saturated heterocycles. The molecule has 10 heteroatoms. The molecule has 1 aromatic heterocycles. The number of nitrogens with zero attached hydrogens (tertiary/aromatic N) is 3. The summed E-state index contributed by atoms with van der Waals surface area (Å²) in [5.41, 5.74) is 3.42. The van der Waals surface area contributed by atoms with Crippen LogP contribution in [0.1, 0.15) is 24.1 Å². The summed E-state index contributed by atoms with van der Waals surface area (Å²) in [4.78, 5) is 12.7. The molecular weight excluding hydrogens is 406 g/mol. The average molecular weight is 427 g/mol. The Morgan fingerprint density at radius 3 is 2.67 bits per heavy atom. The quantitative estimate of drug-likeness (QED) is 0.458. The van der Waals surface area contributed by atoms with Gasteiger partial charge in [-0.3, -0.25) is 19.9 Å². The zero-order chi connectivity index (χ0) is 21.3. The number of hydrogen-bond acceptors (Lipinski definition) is 6. The molecule has 0 bridgehead atoms. The van der Waals surface area contributed by atoms with Crippen molar-refractivity contribution in [2.75, 3.05) is 29.0 Å². The number of nitro benzene ring substituents is 1. The molecule has 0 atom stereocenters. The van der Waals surface area contributed by atoms with Crippen molar-refractivity contribution in [3.8, 4) is 0 Å². The number of fused-ring (bicyclic) bond motifs is 1. The van der Waals surface area contributed by atoms with Crippen LogP contribution in [0, 0.1) is 10.1 Å². The fourth-order valence-corrected chi connectivity index (χ4v) is 4.18. The SMILES string of the molecule is CS(=O)(=O)Nc1cc2c(/C=C/c3cccc([N+](=O)[O-])c3)n[nH]c2cc1N1CCCC1. The Bertz CT molecular complexity index is 1240. The second kappa shape index (κ2) is 7.79. The number of aromatic amines is 1. The molecule has 0 radical (unpaired) electrons. The summed E-state index contributed by atoms with van der Waals surface area (Å²) in [6.45, 7) is 1.75. The number of aromatic nitrogens is 2. The van der Waals surface area contributed by atoms with E-state index in [-0.39, 0.29) is 5.69 Å². The van der Waals surface area contributed by atoms with E-state index in [1.54, 1.807) is 30.4 Å². The number of benzene rings is 2. The Morgan fingerprint density at radius 1 is 1.20 bits per heavy atom. The molecule has 0 aliphatic carbocycles. The highest BCUT2D eigenvalue weighted by Gasteiger charge is 2.20. The van der Waals surface area contributed by atoms with Crippen molar-refractivity contribution in [2.45, 2.75) is 12.8 Å². The summed E-state index contributed by atoms with van der Waals surface area (Å²) in [6.07, 6.45) is 6.74. The van der Waals surface area contributed by atoms with Crippen molar-refractivity contribution < 1.29 is 13.3 Å². The second-order valence-electron chi connectivity index (χ2n) is 7.28. The fourth-order valence-electron chi connectivity index (χ4n) is 3.62. The lowest BCUT2D eigenvalue weighted by Gasteiger charge is -2.21. The van der Waals surface area contributed by atoms with E-state index in [9.17, 15) is 18.5 Å². The van der Waals surface area contributed by atoms with Crippen LogP contribution in [0.15, 0.2) is 36.4 Å². The van der Waals surface area contributed by atoms with E-state index in [0.717, 1.165) is 48.8 Å². The highest BCUT2D eigenvalue weighted by Crippen LogP contribution is 2.35. The Kier molecular flexibility index (Phi) is 5.17. The molecule has 4 rings (SSSR count). The Labute approximate surface area is 173 Å². The van der Waals surface area contributed by atoms with Crippen LogP contribution in [0.2, 0.25) is 0 Å². The molecule has 0 unspecified atom stereocenters. The molecule has 1 aliphatic rings. The number of non-ortho nitro benzene ring substituents is 1. The maximum atomic E-state index is 11.9. The molecule has 30 heavy (non-hydrogen) atoms. The Morgan fingerprint density at radius 2 is 1.97 bits per heavy atom. The van der Waals surface area contributed by atoms with Gasteiger partial charge >= 0.3 is 0 Å². The number of rotatable bonds is 6. The van der Waals surface area contributed by atoms with Crippen LogP contribution in [-0.4, -0.2) is 42.9 Å². The van der Waals surface area contributed by atoms with E-state index in [0.29, 0.717) is 16.9 Å². The monoisotopic (exact) mass is 427 g/mol. The lowest BCUT2D eigenvalue weighted by atomic mass is 10.1. The second-order valence-corrected chi connectivity index (χ2v) is 9.03. The third kappa shape index (κ3) is 4.28. The predicted molar refractivity (Wildman–Crippen MR) is 118 cm³/mol. The standard InChI is InChI=1S/C20H21N5O4S/c1-30(28,29)23-19-12-16-17(8-7-14-5-4-6-15(11-14)25(26)27)21-22-18(16)13-20(19)24-9-2-3-10-24/h4-8,11-13,23H,2-3,9-10H2,1H3,(H,21,22)/b8-7+. The van der Waals surface area contributed by atoms with Crippen molar-refractivity contribution in [1.82, 2.24) is 10.2 Å². The number of sulfonamides is 1. The zero-order valence-corrected chi connectivity index (χ0v) is 17.1. The lowest BCUT2D eigenvalue weighted by Crippen LogP contribution is -2.20. The smallest absolute Gasteiger partial charge is 0.270 e. The van der Waals surface area contributed by atoms with E-state index in [1.165, 1.54) is 12.1 Å². The number of anilines is 2. The molecule has 9 nitrogen and oxygen atoms in total. The summed E-state index contributed by atoms with van der Waals surface area (Å²) in [7, 11) is -3.45. The summed E-state index contributed by atoms with van der Waals surface area (Å²) in [5, 5.41) is 19.0. The highest BCUT2D eigenvalue weighted by atomic mass is 32.2. The molecule has 2 aromatic carbocycles. The maximum Gasteiger partial charge on any atom is 0.270 e. The average Bonchev–Trinajstić information content (AvgIpc) is 3.34. The summed E-state index contributed by atoms with van der Waals surface area (Å²) in [6, 6.07) is 9.99. The lowest BCUT2D eigenvalue weighted by molar-refractivity contribution is -0.384. The largest absolute Gasteiger partial charge is 0.370 e. The highest BCUT2D eigenvalue weighted by molar-refractivity contribution is 7.92. The predicted octanol–water partition coefficient (Wildman–Crippen LogP) is 3.61. The van der Waals surface area contributed by atoms with Gasteiger partial charge in [-0.05, 0) is 36.6 Å². The topological polar surface area (TPSA) is 121 Å². The third-order valence-electron chi connectivity index (χ3n) is 4.97. The number of nitro groups is 1. The summed E-state index contributed by atoms with van der Waals surface area (Å²) in [5.74, 6) is 0. The molecule has 2 N–H and O–H groups in total. The van der Waals surface area contributed by atoms with Gasteiger partial charge in [0, 0.05) is 30.6 Å². The van der Waals surface area contributed by atoms with Gasteiger partial charge in [-0.25, -0.2) is 8.42 Å². The Balaban J connectivity index is 1.74. The van der Waals surface area contributed by atoms with Crippen LogP contribution in [-0.2, 0) is 10.0 Å². The van der Waals surface area contributed by atoms with Crippen molar-refractivity contribution >= 4 is 50.1 Å². The first kappa shape index (κ1) is 19.9. The van der Waals surface area contributed by atoms with Crippen molar-refractivity contribution in [1.29, 1.82) is 0 Å². The van der Waals surface area contributed by atoms with Crippen LogP contribution in [0.4, 0.5) is 17.1 Å². The van der Waals surface area contributed by atoms with E-state index in [1.807, 2.05) is 6.07 Å². The van der Waals surface area contributed by atoms with Crippen LogP contribution in [0.5, 0.6) is 0 Å². The minimum Gasteiger partial charge on any atom is -0.370 e. The van der Waals surface area contributed by atoms with Gasteiger partial charge in [-0.1, -0.05) is 18.2 Å². The van der Waals surface area contributed by atoms with E-state index >= 15 is 0 Å². The van der Waals surface area contributed by atoms with E-state index in [2.05, 4.69) is 19.8 Å². The van der Waals surface area contributed by atoms with Gasteiger partial charge in [0.2, 0.25) is 10.0 Å². The van der Waals surface area contributed by atoms with Crippen molar-refractivity contribution in [3.63, 3.8) is 0 Å². The van der Waals surface area contributed by atoms with Gasteiger partial charge in [0.1, 0.15) is 0 Å². The summed E-state index contributed by atoms with van der Waals surface area (Å²) >= 11 is 0. The van der Waals surface area contributed by atoms with Crippen molar-refractivity contribution in [2.24, 2.45) is 0 Å². The van der Waals surface area contributed by atoms with Gasteiger partial charge in [0.25, 0.3) is 5.69 Å². The minimum atomic E-state index is -3.45. The molecule has 1 aliphatic heterocycles. The van der Waals surface area contributed by atoms with Gasteiger partial charge in [0.05, 0.1) is 33.8 Å². The van der Waals surface area contributed by atoms with Gasteiger partial charge in [-0.2, -0.15) is 5.10 Å². The summed E-state index contributed by atoms with van der Waals surface area (Å²) < 4.78 is 26.4. The van der Waals surface area contributed by atoms with Crippen LogP contribution in [0.25, 0.3) is 23.1 Å². The van der Waals surface area contributed by atoms with Gasteiger partial charge in [0.15, 0.2) is 0 Å². The molecule has 0 amide bonds. The molecule has 1 fully saturated rings. The fraction of sp³-hybridized carbons (Fsp3) is 0.250. The van der Waals surface area contributed by atoms with Crippen LogP contribution in [0.3, 0.4) is 0 Å². The van der Waals surface area contributed by atoms with Crippen LogP contribution < -0.4 is 9.62 Å². The van der Waals surface area contributed by atoms with Crippen LogP contribution >= 0.6 is 0 Å². The van der Waals surface area contributed by atoms with E-state index in [4.69, 9.17) is 0 Å². The molecule has 156 valence electrons. The minimum absolute atomic E-state index is 0.0129. The normalized spacial score (nSPS) is 14.6. The number of nitrogens with one attached hydrogen (secondary N) is 2. The molecule has 0 spiro atoms. The molecule has 3 aromatic rings. The number of hydrogen-bond donors (Lipinski definition) is 2. The Hall–Kier alpha value is -3.40. The van der Waals surface area contributed by atoms with Crippen molar-refractivity contribution in [3.05, 3.63) is 57.8 Å². The number of H-pyrrole nitrogens is 1. The first-order chi connectivity index (χ1) is 14.3. The third-order valence-corrected chi connectivity index (χ3v) is 5.56. The molecule has 0 saturated carbocycles. The molecular formula is C20H21N5O4S. The van der Waals surface area contributed by atoms with E-state index < -0.39 is 14.9 Å². The van der Waals surface area contributed by atoms with Gasteiger partial charge in [-0.15, -0.1) is 0 Å². The first-order valence-electron chi connectivity index (χ1n) is 9.47. The zero-order valence-electron chi connectivity index (χ0n) is 16.3. The van der Waals surface area contributed by atoms with Gasteiger partial charge < -0.3 is 4.90 Å². The maximum absolute atomic E-state index is 11.9. The first-order valence-corrected chi connectivity index (χ1v) is 11.4.